The first-order chi connectivity index (χ1) is 8.81. The second-order valence-corrected chi connectivity index (χ2v) is 5.63. The number of benzene rings is 1. The van der Waals surface area contributed by atoms with E-state index in [0.717, 1.165) is 12.5 Å². The third kappa shape index (κ3) is 3.56. The molecule has 0 unspecified atom stereocenters. The molecule has 1 aliphatic heterocycles. The Morgan fingerprint density at radius 3 is 2.50 bits per heavy atom. The van der Waals surface area contributed by atoms with Crippen molar-refractivity contribution in [3.63, 3.8) is 0 Å². The van der Waals surface area contributed by atoms with Crippen molar-refractivity contribution in [2.75, 3.05) is 19.6 Å². The Hall–Kier alpha value is -0.860. The van der Waals surface area contributed by atoms with E-state index < -0.39 is 0 Å². The molecular formula is C16H26N2. The van der Waals surface area contributed by atoms with E-state index in [4.69, 9.17) is 5.73 Å². The Morgan fingerprint density at radius 1 is 1.22 bits per heavy atom. The fraction of sp³-hybridized carbons (Fsp3) is 0.625. The molecule has 3 N–H and O–H groups in total. The van der Waals surface area contributed by atoms with Gasteiger partial charge in [-0.15, -0.1) is 0 Å². The summed E-state index contributed by atoms with van der Waals surface area (Å²) in [5.41, 5.74) is 7.46. The van der Waals surface area contributed by atoms with Gasteiger partial charge in [-0.05, 0) is 62.2 Å². The van der Waals surface area contributed by atoms with Gasteiger partial charge in [-0.1, -0.05) is 37.3 Å². The molecule has 1 aromatic carbocycles. The highest BCUT2D eigenvalue weighted by molar-refractivity contribution is 5.18. The van der Waals surface area contributed by atoms with Gasteiger partial charge in [0.25, 0.3) is 0 Å². The lowest BCUT2D eigenvalue weighted by Crippen LogP contribution is -2.35. The summed E-state index contributed by atoms with van der Waals surface area (Å²) in [6, 6.07) is 10.8. The summed E-state index contributed by atoms with van der Waals surface area (Å²) in [5, 5.41) is 3.44. The minimum Gasteiger partial charge on any atom is -0.330 e. The molecule has 0 spiro atoms. The summed E-state index contributed by atoms with van der Waals surface area (Å²) in [7, 11) is 0. The minimum absolute atomic E-state index is 0.620. The lowest BCUT2D eigenvalue weighted by atomic mass is 9.78. The first-order valence-corrected chi connectivity index (χ1v) is 7.27. The van der Waals surface area contributed by atoms with Crippen LogP contribution >= 0.6 is 0 Å². The van der Waals surface area contributed by atoms with Gasteiger partial charge in [-0.25, -0.2) is 0 Å². The van der Waals surface area contributed by atoms with E-state index >= 15 is 0 Å². The van der Waals surface area contributed by atoms with Gasteiger partial charge in [0.1, 0.15) is 0 Å². The maximum atomic E-state index is 6.01. The van der Waals surface area contributed by atoms with E-state index in [9.17, 15) is 0 Å². The van der Waals surface area contributed by atoms with Gasteiger partial charge in [0.2, 0.25) is 0 Å². The zero-order chi connectivity index (χ0) is 12.8. The van der Waals surface area contributed by atoms with E-state index in [1.165, 1.54) is 37.9 Å². The number of hydrogen-bond acceptors (Lipinski definition) is 2. The van der Waals surface area contributed by atoms with Crippen LogP contribution in [0, 0.1) is 11.8 Å². The van der Waals surface area contributed by atoms with Gasteiger partial charge in [0.15, 0.2) is 0 Å². The van der Waals surface area contributed by atoms with Crippen molar-refractivity contribution in [1.82, 2.24) is 5.32 Å². The molecule has 0 amide bonds. The fourth-order valence-corrected chi connectivity index (χ4v) is 3.17. The van der Waals surface area contributed by atoms with Crippen molar-refractivity contribution in [2.45, 2.75) is 32.1 Å². The molecule has 0 radical (unpaired) electrons. The first-order valence-electron chi connectivity index (χ1n) is 7.27. The van der Waals surface area contributed by atoms with Crippen LogP contribution in [-0.2, 0) is 0 Å². The molecule has 18 heavy (non-hydrogen) atoms. The van der Waals surface area contributed by atoms with Gasteiger partial charge >= 0.3 is 0 Å². The van der Waals surface area contributed by atoms with E-state index in [0.29, 0.717) is 11.8 Å². The molecule has 0 aromatic heterocycles. The zero-order valence-electron chi connectivity index (χ0n) is 11.4. The van der Waals surface area contributed by atoms with Crippen LogP contribution in [0.4, 0.5) is 0 Å². The van der Waals surface area contributed by atoms with E-state index in [1.807, 2.05) is 0 Å². The molecule has 0 bridgehead atoms. The van der Waals surface area contributed by atoms with Crippen molar-refractivity contribution in [2.24, 2.45) is 17.6 Å². The van der Waals surface area contributed by atoms with Gasteiger partial charge in [-0.3, -0.25) is 0 Å². The summed E-state index contributed by atoms with van der Waals surface area (Å²) < 4.78 is 0. The highest BCUT2D eigenvalue weighted by Crippen LogP contribution is 2.30. The molecule has 0 saturated carbocycles. The van der Waals surface area contributed by atoms with Crippen molar-refractivity contribution in [1.29, 1.82) is 0 Å². The summed E-state index contributed by atoms with van der Waals surface area (Å²) in [6.45, 7) is 5.50. The Balaban J connectivity index is 1.93. The number of piperidine rings is 1. The van der Waals surface area contributed by atoms with Crippen LogP contribution < -0.4 is 11.1 Å². The smallest absolute Gasteiger partial charge is 0.00460 e. The normalized spacial score (nSPS) is 20.6. The van der Waals surface area contributed by atoms with Crippen LogP contribution in [0.5, 0.6) is 0 Å². The highest BCUT2D eigenvalue weighted by atomic mass is 14.9. The second-order valence-electron chi connectivity index (χ2n) is 5.63. The molecule has 2 heteroatoms. The molecule has 1 heterocycles. The lowest BCUT2D eigenvalue weighted by molar-refractivity contribution is 0.243. The van der Waals surface area contributed by atoms with E-state index in [1.54, 1.807) is 0 Å². The van der Waals surface area contributed by atoms with Crippen LogP contribution in [0.1, 0.15) is 37.7 Å². The summed E-state index contributed by atoms with van der Waals surface area (Å²) in [6.07, 6.45) is 3.82. The average Bonchev–Trinajstić information content (AvgIpc) is 2.46. The molecule has 100 valence electrons. The molecule has 1 fully saturated rings. The lowest BCUT2D eigenvalue weighted by Gasteiger charge is -2.31. The maximum Gasteiger partial charge on any atom is -0.00460 e. The Bertz CT molecular complexity index is 330. The van der Waals surface area contributed by atoms with E-state index in [2.05, 4.69) is 42.6 Å². The molecule has 0 aliphatic carbocycles. The highest BCUT2D eigenvalue weighted by Gasteiger charge is 2.24. The predicted octanol–water partition coefficient (Wildman–Crippen LogP) is 2.75. The maximum absolute atomic E-state index is 6.01. The standard InChI is InChI=1S/C16H26N2/c1-13(14-5-3-2-4-6-14)11-16(12-17)15-7-9-18-10-8-15/h2-6,13,15-16,18H,7-12,17H2,1H3/t13-,16-/m0/s1. The summed E-state index contributed by atoms with van der Waals surface area (Å²) in [5.74, 6) is 2.12. The second kappa shape index (κ2) is 6.91. The average molecular weight is 246 g/mol. The first kappa shape index (κ1) is 13.6. The molecule has 1 aromatic rings. The van der Waals surface area contributed by atoms with Crippen LogP contribution in [-0.4, -0.2) is 19.6 Å². The number of nitrogens with one attached hydrogen (secondary N) is 1. The number of nitrogens with two attached hydrogens (primary N) is 1. The SMILES string of the molecule is C[C@@H](C[C@@H](CN)C1CCNCC1)c1ccccc1. The van der Waals surface area contributed by atoms with Crippen molar-refractivity contribution in [3.05, 3.63) is 35.9 Å². The largest absolute Gasteiger partial charge is 0.330 e. The Morgan fingerprint density at radius 2 is 1.89 bits per heavy atom. The number of hydrogen-bond donors (Lipinski definition) is 2. The molecule has 2 atom stereocenters. The van der Waals surface area contributed by atoms with Crippen LogP contribution in [0.15, 0.2) is 30.3 Å². The van der Waals surface area contributed by atoms with Crippen LogP contribution in [0.3, 0.4) is 0 Å². The summed E-state index contributed by atoms with van der Waals surface area (Å²) in [4.78, 5) is 0. The van der Waals surface area contributed by atoms with Crippen LogP contribution in [0.2, 0.25) is 0 Å². The zero-order valence-corrected chi connectivity index (χ0v) is 11.4. The predicted molar refractivity (Wildman–Crippen MR) is 77.6 cm³/mol. The molecule has 1 aliphatic rings. The summed E-state index contributed by atoms with van der Waals surface area (Å²) >= 11 is 0. The van der Waals surface area contributed by atoms with Gasteiger partial charge in [0.05, 0.1) is 0 Å². The van der Waals surface area contributed by atoms with Crippen molar-refractivity contribution < 1.29 is 0 Å². The fourth-order valence-electron chi connectivity index (χ4n) is 3.17. The molecule has 2 nitrogen and oxygen atoms in total. The minimum atomic E-state index is 0.620. The molecular weight excluding hydrogens is 220 g/mol. The third-order valence-electron chi connectivity index (χ3n) is 4.38. The molecule has 2 rings (SSSR count). The van der Waals surface area contributed by atoms with Gasteiger partial charge in [0, 0.05) is 0 Å². The van der Waals surface area contributed by atoms with Crippen molar-refractivity contribution in [3.8, 4) is 0 Å². The topological polar surface area (TPSA) is 38.0 Å². The number of rotatable bonds is 5. The van der Waals surface area contributed by atoms with Crippen molar-refractivity contribution >= 4 is 0 Å². The van der Waals surface area contributed by atoms with Crippen LogP contribution in [0.25, 0.3) is 0 Å². The molecule has 1 saturated heterocycles. The quantitative estimate of drug-likeness (QED) is 0.838. The van der Waals surface area contributed by atoms with Gasteiger partial charge in [-0.2, -0.15) is 0 Å². The monoisotopic (exact) mass is 246 g/mol. The van der Waals surface area contributed by atoms with E-state index in [-0.39, 0.29) is 0 Å². The van der Waals surface area contributed by atoms with Gasteiger partial charge < -0.3 is 11.1 Å². The Kier molecular flexibility index (Phi) is 5.21. The Labute approximate surface area is 111 Å². The third-order valence-corrected chi connectivity index (χ3v) is 4.38.